The van der Waals surface area contributed by atoms with Gasteiger partial charge in [0.05, 0.1) is 32.8 Å². The maximum absolute atomic E-state index is 13.7. The Morgan fingerprint density at radius 2 is 1.84 bits per heavy atom. The highest BCUT2D eigenvalue weighted by Gasteiger charge is 2.38. The third kappa shape index (κ3) is 4.16. The number of hydrogen-bond acceptors (Lipinski definition) is 8. The number of nitrogens with zero attached hydrogens (tertiary/aromatic N) is 2. The number of aromatic nitrogens is 1. The van der Waals surface area contributed by atoms with Crippen molar-refractivity contribution in [2.75, 3.05) is 42.0 Å². The highest BCUT2D eigenvalue weighted by molar-refractivity contribution is 5.92. The molecule has 1 aliphatic heterocycles. The van der Waals surface area contributed by atoms with Crippen LogP contribution in [0.1, 0.15) is 22.7 Å². The quantitative estimate of drug-likeness (QED) is 0.644. The van der Waals surface area contributed by atoms with E-state index in [1.807, 2.05) is 25.9 Å². The van der Waals surface area contributed by atoms with Crippen LogP contribution in [0.15, 0.2) is 40.5 Å². The van der Waals surface area contributed by atoms with Crippen LogP contribution in [0.25, 0.3) is 0 Å². The van der Waals surface area contributed by atoms with Gasteiger partial charge in [0.15, 0.2) is 11.5 Å². The van der Waals surface area contributed by atoms with E-state index in [2.05, 4.69) is 0 Å². The molecule has 0 spiro atoms. The van der Waals surface area contributed by atoms with Crippen molar-refractivity contribution in [1.29, 1.82) is 0 Å². The number of benzene rings is 1. The number of carbonyl (C=O) groups is 1. The molecule has 172 valence electrons. The van der Waals surface area contributed by atoms with Crippen molar-refractivity contribution < 1.29 is 23.7 Å². The van der Waals surface area contributed by atoms with Crippen LogP contribution in [0, 0.1) is 6.92 Å². The summed E-state index contributed by atoms with van der Waals surface area (Å²) >= 11 is 0. The Morgan fingerprint density at radius 1 is 1.16 bits per heavy atom. The topological polar surface area (TPSA) is 105 Å². The lowest BCUT2D eigenvalue weighted by Gasteiger charge is -2.29. The van der Waals surface area contributed by atoms with Crippen molar-refractivity contribution in [3.63, 3.8) is 0 Å². The largest absolute Gasteiger partial charge is 0.493 e. The summed E-state index contributed by atoms with van der Waals surface area (Å²) in [5.74, 6) is -0.279. The number of nitrogens with two attached hydrogens (primary N) is 1. The van der Waals surface area contributed by atoms with Gasteiger partial charge in [0, 0.05) is 24.8 Å². The van der Waals surface area contributed by atoms with Gasteiger partial charge in [0.25, 0.3) is 5.56 Å². The van der Waals surface area contributed by atoms with E-state index in [9.17, 15) is 9.59 Å². The average Bonchev–Trinajstić information content (AvgIpc) is 2.76. The number of likely N-dealkylation sites (N-methyl/N-ethyl adjacent to an activating group) is 1. The first-order chi connectivity index (χ1) is 15.2. The first-order valence-corrected chi connectivity index (χ1v) is 10.1. The number of ether oxygens (including phenoxy) is 4. The molecule has 3 rings (SSSR count). The monoisotopic (exact) mass is 443 g/mol. The molecule has 0 radical (unpaired) electrons. The van der Waals surface area contributed by atoms with Gasteiger partial charge in [-0.2, -0.15) is 0 Å². The summed E-state index contributed by atoms with van der Waals surface area (Å²) in [5.41, 5.74) is 7.62. The minimum atomic E-state index is -0.801. The average molecular weight is 444 g/mol. The third-order valence-electron chi connectivity index (χ3n) is 5.49. The minimum absolute atomic E-state index is 0.0623. The number of rotatable bonds is 7. The van der Waals surface area contributed by atoms with Gasteiger partial charge in [-0.1, -0.05) is 6.07 Å². The van der Waals surface area contributed by atoms with Crippen molar-refractivity contribution in [1.82, 2.24) is 9.47 Å². The Kier molecular flexibility index (Phi) is 6.78. The maximum Gasteiger partial charge on any atom is 0.340 e. The van der Waals surface area contributed by atoms with Crippen LogP contribution in [0.3, 0.4) is 0 Å². The van der Waals surface area contributed by atoms with Crippen LogP contribution in [0.4, 0.5) is 0 Å². The molecule has 2 heterocycles. The zero-order valence-corrected chi connectivity index (χ0v) is 19.2. The first kappa shape index (κ1) is 23.2. The standard InChI is InChI=1S/C23H29N3O6/c1-13-11-17-19(22(27)26(13)10-9-25(2)3)18(20(21(24)32-17)23(28)31-6)14-7-8-15(29-4)16(12-14)30-5/h7-8,11-12,18H,9-10,24H2,1-6H3/t18-/m0/s1. The second-order valence-corrected chi connectivity index (χ2v) is 7.74. The van der Waals surface area contributed by atoms with E-state index in [4.69, 9.17) is 24.7 Å². The fraction of sp³-hybridized carbons (Fsp3) is 0.391. The predicted molar refractivity (Wildman–Crippen MR) is 119 cm³/mol. The number of esters is 1. The summed E-state index contributed by atoms with van der Waals surface area (Å²) in [7, 11) is 8.18. The highest BCUT2D eigenvalue weighted by atomic mass is 16.5. The van der Waals surface area contributed by atoms with E-state index >= 15 is 0 Å². The normalized spacial score (nSPS) is 15.3. The van der Waals surface area contributed by atoms with Crippen molar-refractivity contribution >= 4 is 5.97 Å². The van der Waals surface area contributed by atoms with Crippen LogP contribution < -0.4 is 25.5 Å². The lowest BCUT2D eigenvalue weighted by atomic mass is 9.83. The Hall–Kier alpha value is -3.46. The number of aryl methyl sites for hydroxylation is 1. The number of hydrogen-bond donors (Lipinski definition) is 1. The molecule has 0 fully saturated rings. The molecule has 9 nitrogen and oxygen atoms in total. The molecule has 1 aromatic heterocycles. The smallest absolute Gasteiger partial charge is 0.340 e. The molecule has 0 saturated carbocycles. The van der Waals surface area contributed by atoms with Gasteiger partial charge >= 0.3 is 5.97 Å². The van der Waals surface area contributed by atoms with E-state index in [0.29, 0.717) is 41.5 Å². The number of carbonyl (C=O) groups excluding carboxylic acids is 1. The second-order valence-electron chi connectivity index (χ2n) is 7.74. The molecule has 0 saturated heterocycles. The fourth-order valence-electron chi connectivity index (χ4n) is 3.84. The van der Waals surface area contributed by atoms with Gasteiger partial charge in [-0.25, -0.2) is 4.79 Å². The molecule has 0 aliphatic carbocycles. The predicted octanol–water partition coefficient (Wildman–Crippen LogP) is 1.60. The number of methoxy groups -OCH3 is 3. The lowest BCUT2D eigenvalue weighted by molar-refractivity contribution is -0.136. The first-order valence-electron chi connectivity index (χ1n) is 10.1. The lowest BCUT2D eigenvalue weighted by Crippen LogP contribution is -2.36. The Bertz CT molecular complexity index is 1120. The van der Waals surface area contributed by atoms with Crippen molar-refractivity contribution in [3.05, 3.63) is 62.9 Å². The van der Waals surface area contributed by atoms with Crippen LogP contribution in [0.2, 0.25) is 0 Å². The van der Waals surface area contributed by atoms with Gasteiger partial charge in [0.1, 0.15) is 11.3 Å². The second kappa shape index (κ2) is 9.35. The number of fused-ring (bicyclic) bond motifs is 1. The molecular formula is C23H29N3O6. The molecule has 9 heteroatoms. The molecule has 2 aromatic rings. The molecular weight excluding hydrogens is 414 g/mol. The minimum Gasteiger partial charge on any atom is -0.493 e. The van der Waals surface area contributed by atoms with Crippen molar-refractivity contribution in [2.24, 2.45) is 5.73 Å². The van der Waals surface area contributed by atoms with Gasteiger partial charge in [-0.05, 0) is 38.7 Å². The fourth-order valence-corrected chi connectivity index (χ4v) is 3.84. The summed E-state index contributed by atoms with van der Waals surface area (Å²) in [6, 6.07) is 6.97. The van der Waals surface area contributed by atoms with E-state index in [0.717, 1.165) is 5.69 Å². The summed E-state index contributed by atoms with van der Waals surface area (Å²) in [5, 5.41) is 0. The van der Waals surface area contributed by atoms with Gasteiger partial charge < -0.3 is 34.1 Å². The summed E-state index contributed by atoms with van der Waals surface area (Å²) in [6.07, 6.45) is 0. The zero-order chi connectivity index (χ0) is 23.6. The van der Waals surface area contributed by atoms with E-state index in [1.54, 1.807) is 28.8 Å². The molecule has 1 aliphatic rings. The Morgan fingerprint density at radius 3 is 2.44 bits per heavy atom. The molecule has 1 aromatic carbocycles. The van der Waals surface area contributed by atoms with Crippen LogP contribution >= 0.6 is 0 Å². The van der Waals surface area contributed by atoms with Crippen molar-refractivity contribution in [2.45, 2.75) is 19.4 Å². The third-order valence-corrected chi connectivity index (χ3v) is 5.49. The molecule has 2 N–H and O–H groups in total. The SMILES string of the molecule is COC(=O)C1=C(N)Oc2cc(C)n(CCN(C)C)c(=O)c2[C@@H]1c1ccc(OC)c(OC)c1. The van der Waals surface area contributed by atoms with E-state index in [-0.39, 0.29) is 17.0 Å². The molecule has 0 amide bonds. The Labute approximate surface area is 186 Å². The van der Waals surface area contributed by atoms with E-state index in [1.165, 1.54) is 21.3 Å². The van der Waals surface area contributed by atoms with Gasteiger partial charge in [-0.3, -0.25) is 4.79 Å². The number of pyridine rings is 1. The molecule has 0 unspecified atom stereocenters. The highest BCUT2D eigenvalue weighted by Crippen LogP contribution is 2.43. The maximum atomic E-state index is 13.7. The summed E-state index contributed by atoms with van der Waals surface area (Å²) < 4.78 is 23.1. The van der Waals surface area contributed by atoms with Crippen LogP contribution in [-0.4, -0.2) is 57.4 Å². The van der Waals surface area contributed by atoms with Gasteiger partial charge in [-0.15, -0.1) is 0 Å². The summed E-state index contributed by atoms with van der Waals surface area (Å²) in [6.45, 7) is 2.99. The zero-order valence-electron chi connectivity index (χ0n) is 19.2. The summed E-state index contributed by atoms with van der Waals surface area (Å²) in [4.78, 5) is 28.4. The molecule has 32 heavy (non-hydrogen) atoms. The van der Waals surface area contributed by atoms with E-state index < -0.39 is 11.9 Å². The van der Waals surface area contributed by atoms with Crippen LogP contribution in [0.5, 0.6) is 17.2 Å². The van der Waals surface area contributed by atoms with Crippen molar-refractivity contribution in [3.8, 4) is 17.2 Å². The molecule has 1 atom stereocenters. The molecule has 0 bridgehead atoms. The van der Waals surface area contributed by atoms with Gasteiger partial charge in [0.2, 0.25) is 5.88 Å². The Balaban J connectivity index is 2.29. The van der Waals surface area contributed by atoms with Crippen LogP contribution in [-0.2, 0) is 16.1 Å².